The van der Waals surface area contributed by atoms with Gasteiger partial charge in [0.15, 0.2) is 0 Å². The number of hydroxylamine groups is 2. The van der Waals surface area contributed by atoms with E-state index in [-0.39, 0.29) is 80.9 Å². The second kappa shape index (κ2) is 23.9. The number of nitrogens with one attached hydrogen (secondary N) is 3. The van der Waals surface area contributed by atoms with E-state index in [0.29, 0.717) is 72.0 Å². The number of nitrogens with zero attached hydrogens (tertiary/aromatic N) is 8. The molecule has 20 nitrogen and oxygen atoms in total. The van der Waals surface area contributed by atoms with Crippen LogP contribution in [-0.2, 0) is 40.0 Å². The number of aromatic nitrogens is 3. The first-order chi connectivity index (χ1) is 35.1. The van der Waals surface area contributed by atoms with E-state index in [2.05, 4.69) is 41.0 Å². The van der Waals surface area contributed by atoms with Crippen LogP contribution in [0, 0.1) is 11.7 Å². The van der Waals surface area contributed by atoms with Gasteiger partial charge in [-0.25, -0.2) is 20.2 Å². The molecule has 4 aliphatic heterocycles. The number of likely N-dealkylation sites (tertiary alicyclic amines) is 1. The molecule has 0 bridgehead atoms. The molecular weight excluding hydrogens is 979 g/mol. The average molecular weight is 1040 g/mol. The summed E-state index contributed by atoms with van der Waals surface area (Å²) in [7, 11) is 11.2. The van der Waals surface area contributed by atoms with Crippen LogP contribution in [-0.4, -0.2) is 165 Å². The quantitative estimate of drug-likeness (QED) is 0.0346. The van der Waals surface area contributed by atoms with Crippen molar-refractivity contribution in [3.05, 3.63) is 77.6 Å². The summed E-state index contributed by atoms with van der Waals surface area (Å²) in [5, 5.41) is 10.9. The van der Waals surface area contributed by atoms with Gasteiger partial charge in [-0.15, -0.1) is 5.06 Å². The van der Waals surface area contributed by atoms with Crippen LogP contribution in [0.15, 0.2) is 60.2 Å². The van der Waals surface area contributed by atoms with Gasteiger partial charge in [0.2, 0.25) is 11.8 Å². The van der Waals surface area contributed by atoms with Gasteiger partial charge >= 0.3 is 188 Å². The Bertz CT molecular complexity index is 2570. The molecule has 6 amide bonds. The van der Waals surface area contributed by atoms with Gasteiger partial charge < -0.3 is 14.5 Å². The third kappa shape index (κ3) is 13.8. The molecule has 1 aromatic carbocycles. The summed E-state index contributed by atoms with van der Waals surface area (Å²) >= 11 is 0. The van der Waals surface area contributed by atoms with E-state index in [1.165, 1.54) is 18.5 Å². The third-order valence-electron chi connectivity index (χ3n) is 13.3. The van der Waals surface area contributed by atoms with E-state index < -0.39 is 33.8 Å². The molecule has 8 rings (SSSR count). The number of hydrogen-bond donors (Lipinski definition) is 3. The number of ether oxygens (including phenoxy) is 1. The van der Waals surface area contributed by atoms with Gasteiger partial charge in [-0.2, -0.15) is 5.10 Å². The zero-order valence-corrected chi connectivity index (χ0v) is 42.7. The number of rotatable bonds is 21. The third-order valence-corrected chi connectivity index (χ3v) is 16.6. The molecule has 3 aromatic rings. The van der Waals surface area contributed by atoms with Gasteiger partial charge in [0, 0.05) is 86.4 Å². The number of anilines is 1. The summed E-state index contributed by atoms with van der Waals surface area (Å²) in [4.78, 5) is 97.7. The first kappa shape index (κ1) is 53.2. The molecule has 1 aliphatic carbocycles. The van der Waals surface area contributed by atoms with Crippen LogP contribution in [0.5, 0.6) is 6.01 Å². The maximum absolute atomic E-state index is 15.2. The Morgan fingerprint density at radius 2 is 1.73 bits per heavy atom. The number of urea groups is 1. The number of carbonyl (C=O) groups is 6. The Morgan fingerprint density at radius 3 is 2.42 bits per heavy atom. The Balaban J connectivity index is 0.656. The number of amides is 6. The molecule has 25 heteroatoms. The SMILES string of the molecule is [B]C12OB=C(Nc3ccc(CNC(=O)N4CCC(N5CCN(C(=O)CCSSC(C)(C)CC(=O)N/N=C(\C)c6cnc(OCCCC(=O)ON7C(=O)CCC7=O)nc6)CC5)CC4)c(F)c3)C1C2c1cccnc1. The molecule has 2 radical (unpaired) electrons. The number of halogens is 1. The predicted molar refractivity (Wildman–Crippen MR) is 273 cm³/mol. The Kier molecular flexibility index (Phi) is 17.4. The van der Waals surface area contributed by atoms with E-state index in [1.54, 1.807) is 65.1 Å². The summed E-state index contributed by atoms with van der Waals surface area (Å²) in [6.45, 7) is 9.81. The summed E-state index contributed by atoms with van der Waals surface area (Å²) in [5.74, 6) is -1.91. The number of fused-ring (bicyclic) bond motifs is 1. The minimum absolute atomic E-state index is 0.0240. The normalized spacial score (nSPS) is 21.2. The van der Waals surface area contributed by atoms with Crippen LogP contribution in [0.2, 0.25) is 0 Å². The van der Waals surface area contributed by atoms with Crippen molar-refractivity contribution in [1.29, 1.82) is 0 Å². The molecule has 3 unspecified atom stereocenters. The number of hydrogen-bond acceptors (Lipinski definition) is 17. The minimum atomic E-state index is -0.836. The van der Waals surface area contributed by atoms with Gasteiger partial charge in [0.05, 0.1) is 18.7 Å². The summed E-state index contributed by atoms with van der Waals surface area (Å²) in [6.07, 6.45) is 8.93. The maximum atomic E-state index is 15.2. The number of imide groups is 1. The van der Waals surface area contributed by atoms with Crippen molar-refractivity contribution < 1.29 is 47.4 Å². The molecule has 384 valence electrons. The fourth-order valence-electron chi connectivity index (χ4n) is 9.22. The van der Waals surface area contributed by atoms with Crippen molar-refractivity contribution in [3.8, 4) is 6.01 Å². The standard InChI is InChI=1S/C48H58B2FN11O9S2/c1-30(33-28-53-45(54-29-33)69-22-5-7-41(67)70-62-39(65)10-11-40(62)66)57-58-37(63)25-47(2,3)73-72-23-14-38(64)60-20-18-59(19-21-60)35-12-16-61(17-13-35)46(68)55-27-31-8-9-34(24-36(31)51)56-44-43-42(48(43,49)71-50-44)32-6-4-15-52-26-32/h4,6,8-9,15,24,26,28-29,35,42-43,56H,5,7,10-14,16-23,25,27H2,1-3H3,(H,55,68)(H,58,63)/b57-30+. The Labute approximate surface area is 432 Å². The molecule has 3 atom stereocenters. The van der Waals surface area contributed by atoms with Crippen molar-refractivity contribution in [1.82, 2.24) is 45.5 Å². The fourth-order valence-corrected chi connectivity index (χ4v) is 11.7. The van der Waals surface area contributed by atoms with E-state index in [0.717, 1.165) is 37.1 Å². The van der Waals surface area contributed by atoms with Crippen LogP contribution in [0.25, 0.3) is 0 Å². The topological polar surface area (TPSA) is 230 Å². The summed E-state index contributed by atoms with van der Waals surface area (Å²) < 4.78 is 26.1. The van der Waals surface area contributed by atoms with E-state index in [4.69, 9.17) is 22.1 Å². The van der Waals surface area contributed by atoms with E-state index in [9.17, 15) is 28.8 Å². The van der Waals surface area contributed by atoms with Gasteiger partial charge in [-0.05, 0) is 27.2 Å². The fraction of sp³-hybridized carbons (Fsp3) is 0.521. The van der Waals surface area contributed by atoms with E-state index >= 15 is 4.39 Å². The number of carbonyl (C=O) groups excluding carboxylic acids is 6. The molecule has 73 heavy (non-hydrogen) atoms. The van der Waals surface area contributed by atoms with Crippen LogP contribution in [0.3, 0.4) is 0 Å². The predicted octanol–water partition coefficient (Wildman–Crippen LogP) is 3.55. The van der Waals surface area contributed by atoms with Crippen molar-refractivity contribution >= 4 is 89.2 Å². The number of piperazine rings is 1. The van der Waals surface area contributed by atoms with Gasteiger partial charge in [0.25, 0.3) is 11.8 Å². The zero-order valence-electron chi connectivity index (χ0n) is 41.1. The second-order valence-corrected chi connectivity index (χ2v) is 22.2. The first-order valence-corrected chi connectivity index (χ1v) is 26.7. The van der Waals surface area contributed by atoms with Crippen LogP contribution >= 0.6 is 21.6 Å². The second-order valence-electron chi connectivity index (χ2n) is 19.1. The van der Waals surface area contributed by atoms with Gasteiger partial charge in [-0.3, -0.25) is 24.1 Å². The molecular formula is C48H58B2FN11O9S2. The molecule has 6 heterocycles. The first-order valence-electron chi connectivity index (χ1n) is 24.4. The Morgan fingerprint density at radius 1 is 0.986 bits per heavy atom. The Hall–Kier alpha value is -6.07. The number of hydrazone groups is 1. The van der Waals surface area contributed by atoms with Gasteiger partial charge in [-0.1, -0.05) is 21.6 Å². The zero-order chi connectivity index (χ0) is 51.7. The number of piperidine rings is 1. The molecule has 4 fully saturated rings. The average Bonchev–Trinajstić information content (AvgIpc) is 3.70. The number of benzene rings is 1. The molecule has 5 aliphatic rings. The molecule has 2 aromatic heterocycles. The van der Waals surface area contributed by atoms with Crippen molar-refractivity contribution in [2.24, 2.45) is 11.0 Å². The number of pyridine rings is 1. The summed E-state index contributed by atoms with van der Waals surface area (Å²) in [6, 6.07) is 8.86. The summed E-state index contributed by atoms with van der Waals surface area (Å²) in [5.41, 5.74) is 5.51. The van der Waals surface area contributed by atoms with Crippen molar-refractivity contribution in [3.63, 3.8) is 0 Å². The molecule has 1 saturated carbocycles. The molecule has 0 spiro atoms. The monoisotopic (exact) mass is 1040 g/mol. The van der Waals surface area contributed by atoms with E-state index in [1.807, 2.05) is 30.9 Å². The van der Waals surface area contributed by atoms with Crippen molar-refractivity contribution in [2.75, 3.05) is 56.9 Å². The van der Waals surface area contributed by atoms with Crippen molar-refractivity contribution in [2.45, 2.75) is 101 Å². The van der Waals surface area contributed by atoms with Crippen LogP contribution < -0.4 is 20.8 Å². The van der Waals surface area contributed by atoms with Crippen LogP contribution in [0.1, 0.15) is 94.7 Å². The molecule has 3 N–H and O–H groups in total. The van der Waals surface area contributed by atoms with Crippen LogP contribution in [0.4, 0.5) is 14.9 Å². The molecule has 3 saturated heterocycles. The van der Waals surface area contributed by atoms with Gasteiger partial charge in [0.1, 0.15) is 0 Å².